The smallest absolute Gasteiger partial charge is 0.245 e. The van der Waals surface area contributed by atoms with Crippen molar-refractivity contribution in [2.75, 3.05) is 32.8 Å². The van der Waals surface area contributed by atoms with Gasteiger partial charge in [0.05, 0.1) is 17.6 Å². The lowest BCUT2D eigenvalue weighted by Gasteiger charge is -2.19. The van der Waals surface area contributed by atoms with E-state index < -0.39 is 10.8 Å². The van der Waals surface area contributed by atoms with Gasteiger partial charge in [0.1, 0.15) is 18.1 Å². The summed E-state index contributed by atoms with van der Waals surface area (Å²) >= 11 is 0. The SMILES string of the molecule is CCCCOc1ccc2c(c1)c(-c1ccc(OCCN3CCCCCC3)cc1)c(C(=O)c1ccccc1)[s+]2[O-]. The molecule has 4 aromatic rings. The maximum atomic E-state index is 13.7. The maximum Gasteiger partial charge on any atom is 0.245 e. The lowest BCUT2D eigenvalue weighted by molar-refractivity contribution is 0.104. The Morgan fingerprint density at radius 2 is 1.56 bits per heavy atom. The average Bonchev–Trinajstić information content (AvgIpc) is 3.10. The second kappa shape index (κ2) is 13.2. The first-order chi connectivity index (χ1) is 19.2. The van der Waals surface area contributed by atoms with Crippen molar-refractivity contribution in [3.8, 4) is 22.6 Å². The van der Waals surface area contributed by atoms with Gasteiger partial charge in [0.25, 0.3) is 0 Å². The van der Waals surface area contributed by atoms with Gasteiger partial charge in [0.2, 0.25) is 10.7 Å². The number of thiophene rings is 1. The Labute approximate surface area is 234 Å². The van der Waals surface area contributed by atoms with E-state index in [1.165, 1.54) is 25.7 Å². The number of carbonyl (C=O) groups is 1. The molecule has 3 aromatic carbocycles. The molecule has 0 spiro atoms. The van der Waals surface area contributed by atoms with Crippen LogP contribution in [0.2, 0.25) is 0 Å². The number of hydrogen-bond acceptors (Lipinski definition) is 5. The summed E-state index contributed by atoms with van der Waals surface area (Å²) in [4.78, 5) is 16.5. The number of likely N-dealkylation sites (tertiary alicyclic amines) is 1. The molecule has 1 fully saturated rings. The van der Waals surface area contributed by atoms with Gasteiger partial charge in [-0.05, 0) is 72.9 Å². The molecule has 0 amide bonds. The van der Waals surface area contributed by atoms with E-state index in [9.17, 15) is 9.35 Å². The normalized spacial score (nSPS) is 14.8. The van der Waals surface area contributed by atoms with E-state index in [1.807, 2.05) is 60.7 Å². The van der Waals surface area contributed by atoms with Crippen molar-refractivity contribution in [3.63, 3.8) is 0 Å². The third-order valence-corrected chi connectivity index (χ3v) is 8.88. The molecule has 6 heteroatoms. The fourth-order valence-electron chi connectivity index (χ4n) is 5.19. The van der Waals surface area contributed by atoms with Crippen molar-refractivity contribution in [1.29, 1.82) is 0 Å². The van der Waals surface area contributed by atoms with Crippen LogP contribution < -0.4 is 9.47 Å². The molecule has 5 rings (SSSR count). The lowest BCUT2D eigenvalue weighted by Crippen LogP contribution is -2.29. The van der Waals surface area contributed by atoms with Crippen LogP contribution in [-0.2, 0) is 0 Å². The molecule has 0 radical (unpaired) electrons. The van der Waals surface area contributed by atoms with Gasteiger partial charge >= 0.3 is 0 Å². The summed E-state index contributed by atoms with van der Waals surface area (Å²) in [6, 6.07) is 22.5. The van der Waals surface area contributed by atoms with Crippen LogP contribution in [0.1, 0.15) is 60.7 Å². The van der Waals surface area contributed by atoms with Crippen molar-refractivity contribution in [3.05, 3.63) is 83.2 Å². The van der Waals surface area contributed by atoms with Gasteiger partial charge in [0, 0.05) is 18.2 Å². The second-order valence-electron chi connectivity index (χ2n) is 10.2. The van der Waals surface area contributed by atoms with Gasteiger partial charge in [-0.2, -0.15) is 0 Å². The van der Waals surface area contributed by atoms with Gasteiger partial charge in [-0.15, -0.1) is 0 Å². The highest BCUT2D eigenvalue weighted by Gasteiger charge is 2.30. The minimum absolute atomic E-state index is 0.216. The van der Waals surface area contributed by atoms with Crippen molar-refractivity contribution >= 4 is 26.6 Å². The molecule has 2 heterocycles. The van der Waals surface area contributed by atoms with Crippen LogP contribution in [-0.4, -0.2) is 48.1 Å². The van der Waals surface area contributed by atoms with E-state index in [0.29, 0.717) is 33.9 Å². The fourth-order valence-corrected chi connectivity index (χ4v) is 6.66. The first-order valence-electron chi connectivity index (χ1n) is 14.1. The van der Waals surface area contributed by atoms with Crippen LogP contribution in [0.4, 0.5) is 0 Å². The summed E-state index contributed by atoms with van der Waals surface area (Å²) in [6.45, 7) is 6.61. The number of nitrogens with zero attached hydrogens (tertiary/aromatic N) is 1. The van der Waals surface area contributed by atoms with Crippen LogP contribution in [0.5, 0.6) is 11.5 Å². The molecule has 1 aliphatic heterocycles. The van der Waals surface area contributed by atoms with Gasteiger partial charge in [-0.25, -0.2) is 0 Å². The highest BCUT2D eigenvalue weighted by atomic mass is 32.2. The summed E-state index contributed by atoms with van der Waals surface area (Å²) in [6.07, 6.45) is 7.18. The van der Waals surface area contributed by atoms with Gasteiger partial charge in [0.15, 0.2) is 4.70 Å². The van der Waals surface area contributed by atoms with Crippen LogP contribution in [0, 0.1) is 0 Å². The molecule has 1 atom stereocenters. The predicted molar refractivity (Wildman–Crippen MR) is 159 cm³/mol. The van der Waals surface area contributed by atoms with E-state index in [0.717, 1.165) is 54.9 Å². The van der Waals surface area contributed by atoms with E-state index in [1.54, 1.807) is 12.1 Å². The highest BCUT2D eigenvalue weighted by Crippen LogP contribution is 2.46. The standard InChI is InChI=1S/C33H37NO4S/c1-2-3-22-37-28-17-18-30-29(24-28)31(33(39(30)36)32(35)26-11-7-6-8-12-26)25-13-15-27(16-14-25)38-23-21-34-19-9-4-5-10-20-34/h6-8,11-18,24H,2-5,9-10,19-23H2,1H3. The summed E-state index contributed by atoms with van der Waals surface area (Å²) in [5.74, 6) is 1.30. The zero-order valence-electron chi connectivity index (χ0n) is 22.7. The largest absolute Gasteiger partial charge is 0.590 e. The molecule has 0 bridgehead atoms. The lowest BCUT2D eigenvalue weighted by atomic mass is 9.98. The van der Waals surface area contributed by atoms with Crippen LogP contribution in [0.3, 0.4) is 0 Å². The van der Waals surface area contributed by atoms with Crippen molar-refractivity contribution in [2.45, 2.75) is 45.4 Å². The monoisotopic (exact) mass is 543 g/mol. The van der Waals surface area contributed by atoms with Crippen molar-refractivity contribution < 1.29 is 18.8 Å². The molecule has 0 aliphatic carbocycles. The third-order valence-electron chi connectivity index (χ3n) is 7.36. The number of rotatable bonds is 11. The number of ketones is 1. The van der Waals surface area contributed by atoms with Crippen LogP contribution in [0.15, 0.2) is 72.8 Å². The topological polar surface area (TPSA) is 61.8 Å². The Hall–Kier alpha value is -3.19. The van der Waals surface area contributed by atoms with Gasteiger partial charge in [-0.1, -0.05) is 68.7 Å². The number of fused-ring (bicyclic) bond motifs is 1. The van der Waals surface area contributed by atoms with Gasteiger partial charge < -0.3 is 14.0 Å². The highest BCUT2D eigenvalue weighted by molar-refractivity contribution is 7.33. The molecule has 1 saturated heterocycles. The molecule has 204 valence electrons. The number of ether oxygens (including phenoxy) is 2. The summed E-state index contributed by atoms with van der Waals surface area (Å²) in [5, 5.41) is 0.788. The van der Waals surface area contributed by atoms with Gasteiger partial charge in [-0.3, -0.25) is 9.69 Å². The van der Waals surface area contributed by atoms with E-state index in [-0.39, 0.29) is 5.78 Å². The quantitative estimate of drug-likeness (QED) is 0.109. The Morgan fingerprint density at radius 1 is 0.872 bits per heavy atom. The van der Waals surface area contributed by atoms with E-state index in [2.05, 4.69) is 11.8 Å². The predicted octanol–water partition coefficient (Wildman–Crippen LogP) is 7.90. The minimum atomic E-state index is -1.59. The molecular formula is C33H37NO4S. The van der Waals surface area contributed by atoms with E-state index >= 15 is 0 Å². The number of benzene rings is 3. The van der Waals surface area contributed by atoms with Crippen LogP contribution >= 0.6 is 10.8 Å². The summed E-state index contributed by atoms with van der Waals surface area (Å²) in [5.41, 5.74) is 2.07. The third kappa shape index (κ3) is 6.52. The van der Waals surface area contributed by atoms with Crippen molar-refractivity contribution in [1.82, 2.24) is 4.90 Å². The fraction of sp³-hybridized carbons (Fsp3) is 0.364. The number of hydrogen-bond donors (Lipinski definition) is 0. The first-order valence-corrected chi connectivity index (χ1v) is 15.3. The Balaban J connectivity index is 1.45. The van der Waals surface area contributed by atoms with Crippen molar-refractivity contribution in [2.24, 2.45) is 0 Å². The molecule has 1 unspecified atom stereocenters. The molecule has 0 saturated carbocycles. The van der Waals surface area contributed by atoms with E-state index in [4.69, 9.17) is 9.47 Å². The molecule has 0 N–H and O–H groups in total. The Kier molecular flexibility index (Phi) is 9.30. The van der Waals surface area contributed by atoms with Crippen LogP contribution in [0.25, 0.3) is 21.2 Å². The number of unbranched alkanes of at least 4 members (excludes halogenated alkanes) is 1. The summed E-state index contributed by atoms with van der Waals surface area (Å²) in [7, 11) is -1.59. The molecular weight excluding hydrogens is 506 g/mol. The number of carbonyl (C=O) groups excluding carboxylic acids is 1. The first kappa shape index (κ1) is 27.4. The molecule has 39 heavy (non-hydrogen) atoms. The zero-order chi connectivity index (χ0) is 27.0. The molecule has 1 aromatic heterocycles. The Morgan fingerprint density at radius 3 is 2.28 bits per heavy atom. The Bertz CT molecular complexity index is 1370. The minimum Gasteiger partial charge on any atom is -0.590 e. The summed E-state index contributed by atoms with van der Waals surface area (Å²) < 4.78 is 26.4. The second-order valence-corrected chi connectivity index (χ2v) is 11.5. The maximum absolute atomic E-state index is 13.7. The average molecular weight is 544 g/mol. The molecule has 5 nitrogen and oxygen atoms in total. The zero-order valence-corrected chi connectivity index (χ0v) is 23.5. The molecule has 1 aliphatic rings.